The Hall–Kier alpha value is -0.940. The fourth-order valence-electron chi connectivity index (χ4n) is 1.01. The fraction of sp³-hybridized carbons (Fsp3) is 0.500. The standard InChI is InChI=1S/C8H13N3OS/c1-5-6(3-4-10-2)11-8(13-5)7(9)12/h10H,3-4H2,1-2H3,(H2,9,12). The SMILES string of the molecule is CNCCc1nc(C(N)=O)sc1C. The molecule has 0 aromatic carbocycles. The minimum Gasteiger partial charge on any atom is -0.364 e. The van der Waals surface area contributed by atoms with Gasteiger partial charge in [0.15, 0.2) is 5.01 Å². The fourth-order valence-corrected chi connectivity index (χ4v) is 1.82. The summed E-state index contributed by atoms with van der Waals surface area (Å²) in [7, 11) is 1.89. The quantitative estimate of drug-likeness (QED) is 0.733. The largest absolute Gasteiger partial charge is 0.364 e. The van der Waals surface area contributed by atoms with Crippen molar-refractivity contribution in [3.8, 4) is 0 Å². The van der Waals surface area contributed by atoms with Crippen molar-refractivity contribution in [1.29, 1.82) is 0 Å². The number of amides is 1. The molecule has 3 N–H and O–H groups in total. The molecule has 0 saturated heterocycles. The maximum atomic E-state index is 10.8. The van der Waals surface area contributed by atoms with E-state index in [0.717, 1.165) is 23.5 Å². The Morgan fingerprint density at radius 1 is 1.69 bits per heavy atom. The number of thiazole rings is 1. The molecular weight excluding hydrogens is 186 g/mol. The average molecular weight is 199 g/mol. The van der Waals surface area contributed by atoms with E-state index in [1.165, 1.54) is 11.3 Å². The summed E-state index contributed by atoms with van der Waals surface area (Å²) in [5, 5.41) is 3.44. The number of likely N-dealkylation sites (N-methyl/N-ethyl adjacent to an activating group) is 1. The van der Waals surface area contributed by atoms with E-state index in [9.17, 15) is 4.79 Å². The molecule has 0 bridgehead atoms. The molecule has 0 fully saturated rings. The molecular formula is C8H13N3OS. The summed E-state index contributed by atoms with van der Waals surface area (Å²) in [4.78, 5) is 16.0. The number of hydrogen-bond donors (Lipinski definition) is 2. The van der Waals surface area contributed by atoms with Gasteiger partial charge in [0.1, 0.15) is 0 Å². The first-order chi connectivity index (χ1) is 6.15. The summed E-state index contributed by atoms with van der Waals surface area (Å²) in [6, 6.07) is 0. The molecule has 1 heterocycles. The molecule has 0 radical (unpaired) electrons. The lowest BCUT2D eigenvalue weighted by Gasteiger charge is -1.95. The summed E-state index contributed by atoms with van der Waals surface area (Å²) in [5.74, 6) is -0.441. The third-order valence-corrected chi connectivity index (χ3v) is 2.74. The number of carbonyl (C=O) groups is 1. The molecule has 72 valence electrons. The third-order valence-electron chi connectivity index (χ3n) is 1.72. The van der Waals surface area contributed by atoms with Crippen LogP contribution >= 0.6 is 11.3 Å². The van der Waals surface area contributed by atoms with Gasteiger partial charge in [-0.15, -0.1) is 11.3 Å². The molecule has 13 heavy (non-hydrogen) atoms. The number of aromatic nitrogens is 1. The molecule has 0 aliphatic heterocycles. The number of hydrogen-bond acceptors (Lipinski definition) is 4. The molecule has 5 heteroatoms. The lowest BCUT2D eigenvalue weighted by atomic mass is 10.3. The van der Waals surface area contributed by atoms with Crippen LogP contribution in [0.2, 0.25) is 0 Å². The Kier molecular flexibility index (Phi) is 3.39. The van der Waals surface area contributed by atoms with Crippen LogP contribution in [0.5, 0.6) is 0 Å². The van der Waals surface area contributed by atoms with Gasteiger partial charge >= 0.3 is 0 Å². The lowest BCUT2D eigenvalue weighted by molar-refractivity contribution is 0.1000. The number of rotatable bonds is 4. The summed E-state index contributed by atoms with van der Waals surface area (Å²) < 4.78 is 0. The van der Waals surface area contributed by atoms with E-state index in [0.29, 0.717) is 5.01 Å². The van der Waals surface area contributed by atoms with Gasteiger partial charge in [-0.2, -0.15) is 0 Å². The Balaban J connectivity index is 2.77. The number of nitrogens with one attached hydrogen (secondary N) is 1. The zero-order chi connectivity index (χ0) is 9.84. The second-order valence-electron chi connectivity index (χ2n) is 2.74. The van der Waals surface area contributed by atoms with Crippen LogP contribution in [0.1, 0.15) is 20.4 Å². The topological polar surface area (TPSA) is 68.0 Å². The van der Waals surface area contributed by atoms with E-state index in [2.05, 4.69) is 10.3 Å². The highest BCUT2D eigenvalue weighted by Gasteiger charge is 2.10. The molecule has 4 nitrogen and oxygen atoms in total. The van der Waals surface area contributed by atoms with Gasteiger partial charge in [-0.25, -0.2) is 4.98 Å². The van der Waals surface area contributed by atoms with Crippen molar-refractivity contribution >= 4 is 17.2 Å². The third kappa shape index (κ3) is 2.50. The molecule has 1 rings (SSSR count). The predicted molar refractivity (Wildman–Crippen MR) is 53.0 cm³/mol. The van der Waals surface area contributed by atoms with Crippen LogP contribution in [-0.4, -0.2) is 24.5 Å². The monoisotopic (exact) mass is 199 g/mol. The zero-order valence-corrected chi connectivity index (χ0v) is 8.57. The molecule has 1 aromatic heterocycles. The highest BCUT2D eigenvalue weighted by atomic mass is 32.1. The van der Waals surface area contributed by atoms with Crippen LogP contribution < -0.4 is 11.1 Å². The van der Waals surface area contributed by atoms with E-state index in [1.54, 1.807) is 0 Å². The molecule has 0 aliphatic rings. The number of nitrogens with two attached hydrogens (primary N) is 1. The van der Waals surface area contributed by atoms with Gasteiger partial charge in [0.25, 0.3) is 5.91 Å². The van der Waals surface area contributed by atoms with Crippen molar-refractivity contribution in [1.82, 2.24) is 10.3 Å². The van der Waals surface area contributed by atoms with Crippen molar-refractivity contribution in [3.63, 3.8) is 0 Å². The van der Waals surface area contributed by atoms with Crippen LogP contribution in [-0.2, 0) is 6.42 Å². The molecule has 0 aliphatic carbocycles. The first-order valence-corrected chi connectivity index (χ1v) is 4.87. The summed E-state index contributed by atoms with van der Waals surface area (Å²) in [5.41, 5.74) is 6.08. The number of aryl methyl sites for hydroxylation is 1. The van der Waals surface area contributed by atoms with Gasteiger partial charge in [0.05, 0.1) is 5.69 Å². The van der Waals surface area contributed by atoms with E-state index in [1.807, 2.05) is 14.0 Å². The minimum atomic E-state index is -0.441. The molecule has 0 spiro atoms. The maximum absolute atomic E-state index is 10.8. The Labute approximate surface area is 81.2 Å². The van der Waals surface area contributed by atoms with Crippen LogP contribution in [0.3, 0.4) is 0 Å². The average Bonchev–Trinajstić information content (AvgIpc) is 2.44. The maximum Gasteiger partial charge on any atom is 0.277 e. The molecule has 1 amide bonds. The second kappa shape index (κ2) is 4.34. The van der Waals surface area contributed by atoms with Gasteiger partial charge in [-0.05, 0) is 14.0 Å². The summed E-state index contributed by atoms with van der Waals surface area (Å²) >= 11 is 1.36. The first-order valence-electron chi connectivity index (χ1n) is 4.06. The minimum absolute atomic E-state index is 0.406. The first kappa shape index (κ1) is 10.1. The zero-order valence-electron chi connectivity index (χ0n) is 7.76. The van der Waals surface area contributed by atoms with Crippen molar-refractivity contribution in [2.24, 2.45) is 5.73 Å². The highest BCUT2D eigenvalue weighted by molar-refractivity contribution is 7.13. The van der Waals surface area contributed by atoms with Crippen LogP contribution in [0.4, 0.5) is 0 Å². The van der Waals surface area contributed by atoms with Gasteiger partial charge in [0, 0.05) is 17.8 Å². The van der Waals surface area contributed by atoms with Gasteiger partial charge < -0.3 is 11.1 Å². The van der Waals surface area contributed by atoms with Crippen LogP contribution in [0, 0.1) is 6.92 Å². The van der Waals surface area contributed by atoms with Crippen LogP contribution in [0.25, 0.3) is 0 Å². The highest BCUT2D eigenvalue weighted by Crippen LogP contribution is 2.16. The lowest BCUT2D eigenvalue weighted by Crippen LogP contribution is -2.12. The normalized spacial score (nSPS) is 10.3. The smallest absolute Gasteiger partial charge is 0.277 e. The predicted octanol–water partition coefficient (Wildman–Crippen LogP) is 0.312. The van der Waals surface area contributed by atoms with E-state index in [4.69, 9.17) is 5.73 Å². The Morgan fingerprint density at radius 2 is 2.38 bits per heavy atom. The van der Waals surface area contributed by atoms with Gasteiger partial charge in [0.2, 0.25) is 0 Å². The number of primary amides is 1. The molecule has 0 saturated carbocycles. The molecule has 0 unspecified atom stereocenters. The van der Waals surface area contributed by atoms with Crippen molar-refractivity contribution in [3.05, 3.63) is 15.6 Å². The Bertz CT molecular complexity index is 308. The van der Waals surface area contributed by atoms with Gasteiger partial charge in [-0.1, -0.05) is 0 Å². The summed E-state index contributed by atoms with van der Waals surface area (Å²) in [6.07, 6.45) is 0.839. The molecule has 1 aromatic rings. The van der Waals surface area contributed by atoms with Crippen LogP contribution in [0.15, 0.2) is 0 Å². The Morgan fingerprint density at radius 3 is 2.85 bits per heavy atom. The van der Waals surface area contributed by atoms with E-state index >= 15 is 0 Å². The second-order valence-corrected chi connectivity index (χ2v) is 3.94. The van der Waals surface area contributed by atoms with E-state index in [-0.39, 0.29) is 0 Å². The van der Waals surface area contributed by atoms with Crippen molar-refractivity contribution in [2.45, 2.75) is 13.3 Å². The van der Waals surface area contributed by atoms with Crippen molar-refractivity contribution < 1.29 is 4.79 Å². The van der Waals surface area contributed by atoms with Crippen molar-refractivity contribution in [2.75, 3.05) is 13.6 Å². The number of nitrogens with zero attached hydrogens (tertiary/aromatic N) is 1. The summed E-state index contributed by atoms with van der Waals surface area (Å²) in [6.45, 7) is 2.82. The number of carbonyl (C=O) groups excluding carboxylic acids is 1. The van der Waals surface area contributed by atoms with Gasteiger partial charge in [-0.3, -0.25) is 4.79 Å². The molecule has 0 atom stereocenters. The van der Waals surface area contributed by atoms with E-state index < -0.39 is 5.91 Å².